The van der Waals surface area contributed by atoms with Crippen LogP contribution < -0.4 is 5.73 Å². The summed E-state index contributed by atoms with van der Waals surface area (Å²) in [7, 11) is 0. The lowest BCUT2D eigenvalue weighted by Crippen LogP contribution is -2.51. The fraction of sp³-hybridized carbons (Fsp3) is 0.769. The number of hydrogen-bond acceptors (Lipinski definition) is 5. The van der Waals surface area contributed by atoms with Gasteiger partial charge in [-0.05, 0) is 80.0 Å². The van der Waals surface area contributed by atoms with E-state index in [2.05, 4.69) is 26.0 Å². The van der Waals surface area contributed by atoms with Gasteiger partial charge in [0.1, 0.15) is 17.8 Å². The third-order valence-corrected chi connectivity index (χ3v) is 9.81. The van der Waals surface area contributed by atoms with Crippen molar-refractivity contribution in [3.05, 3.63) is 11.6 Å². The maximum absolute atomic E-state index is 12.8. The Morgan fingerprint density at radius 3 is 2.50 bits per heavy atom. The van der Waals surface area contributed by atoms with Gasteiger partial charge < -0.3 is 10.5 Å². The predicted octanol–water partition coefficient (Wildman–Crippen LogP) is 3.94. The molecular weight excluding hydrogens is 404 g/mol. The molecule has 32 heavy (non-hydrogen) atoms. The molecule has 0 unspecified atom stereocenters. The van der Waals surface area contributed by atoms with E-state index in [1.54, 1.807) is 6.92 Å². The van der Waals surface area contributed by atoms with E-state index in [1.165, 1.54) is 12.5 Å². The zero-order chi connectivity index (χ0) is 23.4. The van der Waals surface area contributed by atoms with Crippen molar-refractivity contribution in [1.29, 1.82) is 5.26 Å². The number of ketones is 1. The normalized spacial score (nSPS) is 43.5. The molecule has 1 amide bonds. The lowest BCUT2D eigenvalue weighted by molar-refractivity contribution is -0.149. The van der Waals surface area contributed by atoms with Crippen LogP contribution in [0.5, 0.6) is 0 Å². The fourth-order valence-corrected chi connectivity index (χ4v) is 8.52. The maximum Gasteiger partial charge on any atom is 0.302 e. The molecule has 4 aliphatic carbocycles. The van der Waals surface area contributed by atoms with Gasteiger partial charge in [0.25, 0.3) is 0 Å². The summed E-state index contributed by atoms with van der Waals surface area (Å²) < 4.78 is 5.53. The number of nitrogens with zero attached hydrogens (tertiary/aromatic N) is 1. The van der Waals surface area contributed by atoms with Crippen molar-refractivity contribution in [2.45, 2.75) is 78.7 Å². The van der Waals surface area contributed by atoms with E-state index in [0.717, 1.165) is 44.9 Å². The third-order valence-electron chi connectivity index (χ3n) is 9.81. The summed E-state index contributed by atoms with van der Waals surface area (Å²) in [6.45, 7) is 7.68. The van der Waals surface area contributed by atoms with Gasteiger partial charge in [-0.25, -0.2) is 0 Å². The van der Waals surface area contributed by atoms with Gasteiger partial charge in [-0.1, -0.05) is 25.5 Å². The van der Waals surface area contributed by atoms with E-state index in [1.807, 2.05) is 0 Å². The molecule has 9 atom stereocenters. The first kappa shape index (κ1) is 23.0. The van der Waals surface area contributed by atoms with Crippen LogP contribution in [0, 0.1) is 57.7 Å². The minimum Gasteiger partial charge on any atom is -0.462 e. The largest absolute Gasteiger partial charge is 0.462 e. The average molecular weight is 441 g/mol. The van der Waals surface area contributed by atoms with Gasteiger partial charge in [0.2, 0.25) is 5.91 Å². The lowest BCUT2D eigenvalue weighted by atomic mass is 9.47. The SMILES string of the molecule is CC(=O)O[C@H]1CC[C@@]2(C)C(=CC[C@@H]3[C@H]4C[C@H]([C@@H](C#N)C(N)=O)[C@@H](C(C)=O)[C@@]4(C)CC[C@H]32)C1. The van der Waals surface area contributed by atoms with Crippen LogP contribution in [0.1, 0.15) is 72.6 Å². The van der Waals surface area contributed by atoms with Gasteiger partial charge in [-0.15, -0.1) is 0 Å². The second-order valence-electron chi connectivity index (χ2n) is 11.3. The van der Waals surface area contributed by atoms with E-state index in [0.29, 0.717) is 17.8 Å². The van der Waals surface area contributed by atoms with Crippen molar-refractivity contribution < 1.29 is 19.1 Å². The molecule has 174 valence electrons. The third kappa shape index (κ3) is 3.40. The molecule has 3 saturated carbocycles. The highest BCUT2D eigenvalue weighted by molar-refractivity contribution is 5.84. The van der Waals surface area contributed by atoms with Crippen molar-refractivity contribution in [1.82, 2.24) is 0 Å². The highest BCUT2D eigenvalue weighted by Gasteiger charge is 2.63. The first-order valence-corrected chi connectivity index (χ1v) is 12.1. The summed E-state index contributed by atoms with van der Waals surface area (Å²) in [6, 6.07) is 2.12. The van der Waals surface area contributed by atoms with E-state index in [4.69, 9.17) is 10.5 Å². The lowest BCUT2D eigenvalue weighted by Gasteiger charge is -2.58. The summed E-state index contributed by atoms with van der Waals surface area (Å²) in [5.74, 6) is -0.971. The number of Topliss-reactive ketones (excluding diaryl/α,β-unsaturated/α-hetero) is 1. The van der Waals surface area contributed by atoms with Crippen LogP contribution in [0.15, 0.2) is 11.6 Å². The van der Waals surface area contributed by atoms with Gasteiger partial charge in [0.15, 0.2) is 0 Å². The monoisotopic (exact) mass is 440 g/mol. The summed E-state index contributed by atoms with van der Waals surface area (Å²) in [5.41, 5.74) is 6.90. The minimum atomic E-state index is -0.908. The van der Waals surface area contributed by atoms with Crippen LogP contribution >= 0.6 is 0 Å². The Labute approximate surface area is 190 Å². The number of rotatable bonds is 4. The number of esters is 1. The zero-order valence-corrected chi connectivity index (χ0v) is 19.7. The number of primary amides is 1. The summed E-state index contributed by atoms with van der Waals surface area (Å²) in [4.78, 5) is 36.3. The average Bonchev–Trinajstić information content (AvgIpc) is 3.01. The number of carbonyl (C=O) groups is 3. The number of ether oxygens (including phenoxy) is 1. The number of allylic oxidation sites excluding steroid dienone is 1. The topological polar surface area (TPSA) is 110 Å². The van der Waals surface area contributed by atoms with Gasteiger partial charge in [0.05, 0.1) is 6.07 Å². The van der Waals surface area contributed by atoms with Crippen LogP contribution in [0.3, 0.4) is 0 Å². The Balaban J connectivity index is 1.65. The summed E-state index contributed by atoms with van der Waals surface area (Å²) in [5, 5.41) is 9.68. The molecule has 0 radical (unpaired) electrons. The van der Waals surface area contributed by atoms with E-state index >= 15 is 0 Å². The maximum atomic E-state index is 12.8. The Morgan fingerprint density at radius 1 is 1.19 bits per heavy atom. The number of nitrogens with two attached hydrogens (primary N) is 1. The van der Waals surface area contributed by atoms with Crippen molar-refractivity contribution in [2.75, 3.05) is 0 Å². The van der Waals surface area contributed by atoms with Crippen LogP contribution in [0.4, 0.5) is 0 Å². The molecule has 6 nitrogen and oxygen atoms in total. The molecule has 0 aromatic rings. The molecule has 0 saturated heterocycles. The second-order valence-corrected chi connectivity index (χ2v) is 11.3. The Bertz CT molecular complexity index is 904. The van der Waals surface area contributed by atoms with Crippen LogP contribution in [-0.4, -0.2) is 23.8 Å². The molecule has 0 aliphatic heterocycles. The van der Waals surface area contributed by atoms with Crippen molar-refractivity contribution >= 4 is 17.7 Å². The number of carbonyl (C=O) groups excluding carboxylic acids is 3. The number of amides is 1. The Hall–Kier alpha value is -2.16. The van der Waals surface area contributed by atoms with Crippen molar-refractivity contribution in [3.63, 3.8) is 0 Å². The van der Waals surface area contributed by atoms with Crippen molar-refractivity contribution in [3.8, 4) is 6.07 Å². The van der Waals surface area contributed by atoms with Crippen LogP contribution in [0.2, 0.25) is 0 Å². The minimum absolute atomic E-state index is 0.0258. The van der Waals surface area contributed by atoms with Gasteiger partial charge in [0, 0.05) is 19.3 Å². The van der Waals surface area contributed by atoms with E-state index < -0.39 is 11.8 Å². The second kappa shape index (κ2) is 8.01. The Morgan fingerprint density at radius 2 is 1.91 bits per heavy atom. The molecule has 0 heterocycles. The van der Waals surface area contributed by atoms with Crippen LogP contribution in [0.25, 0.3) is 0 Å². The summed E-state index contributed by atoms with van der Waals surface area (Å²) >= 11 is 0. The fourth-order valence-electron chi connectivity index (χ4n) is 8.52. The number of nitriles is 1. The molecule has 6 heteroatoms. The van der Waals surface area contributed by atoms with E-state index in [-0.39, 0.29) is 40.5 Å². The van der Waals surface area contributed by atoms with Gasteiger partial charge in [-0.3, -0.25) is 14.4 Å². The molecule has 0 bridgehead atoms. The quantitative estimate of drug-likeness (QED) is 0.526. The van der Waals surface area contributed by atoms with Crippen LogP contribution in [-0.2, 0) is 19.1 Å². The molecule has 0 aromatic carbocycles. The smallest absolute Gasteiger partial charge is 0.302 e. The number of fused-ring (bicyclic) bond motifs is 5. The molecule has 4 aliphatic rings. The van der Waals surface area contributed by atoms with Crippen molar-refractivity contribution in [2.24, 2.45) is 52.1 Å². The molecule has 2 N–H and O–H groups in total. The zero-order valence-electron chi connectivity index (χ0n) is 19.7. The molecule has 0 spiro atoms. The first-order chi connectivity index (χ1) is 15.0. The molecule has 0 aromatic heterocycles. The van der Waals surface area contributed by atoms with Gasteiger partial charge >= 0.3 is 5.97 Å². The number of hydrogen-bond donors (Lipinski definition) is 1. The summed E-state index contributed by atoms with van der Waals surface area (Å²) in [6.07, 6.45) is 8.71. The Kier molecular flexibility index (Phi) is 5.76. The molecular formula is C26H36N2O4. The predicted molar refractivity (Wildman–Crippen MR) is 119 cm³/mol. The highest BCUT2D eigenvalue weighted by Crippen LogP contribution is 2.68. The van der Waals surface area contributed by atoms with Gasteiger partial charge in [-0.2, -0.15) is 5.26 Å². The molecule has 4 rings (SSSR count). The standard InChI is InChI=1S/C26H36N2O4/c1-14(29)23-19(20(13-27)24(28)31)12-22-18-6-5-16-11-17(32-15(2)30)7-9-25(16,3)21(18)8-10-26(22,23)4/h5,17-23H,6-12H2,1-4H3,(H2,28,31)/t17-,18-,19+,20+,21+,22+,23+,25-,26-/m0/s1. The molecule has 3 fully saturated rings. The first-order valence-electron chi connectivity index (χ1n) is 12.1. The highest BCUT2D eigenvalue weighted by atomic mass is 16.5. The van der Waals surface area contributed by atoms with E-state index in [9.17, 15) is 19.6 Å².